The maximum atomic E-state index is 12.5. The molecule has 0 atom stereocenters. The van der Waals surface area contributed by atoms with Crippen LogP contribution in [0.5, 0.6) is 5.75 Å². The largest absolute Gasteiger partial charge is 0.493 e. The summed E-state index contributed by atoms with van der Waals surface area (Å²) in [4.78, 5) is 12.5. The number of halogens is 1. The number of carbonyl (C=O) groups is 1. The molecule has 1 aliphatic carbocycles. The van der Waals surface area contributed by atoms with Crippen molar-refractivity contribution in [2.24, 2.45) is 11.8 Å². The molecule has 1 aromatic carbocycles. The first kappa shape index (κ1) is 13.9. The predicted molar refractivity (Wildman–Crippen MR) is 80.5 cm³/mol. The first-order chi connectivity index (χ1) is 9.63. The molecule has 0 amide bonds. The second kappa shape index (κ2) is 5.77. The average Bonchev–Trinajstić information content (AvgIpc) is 2.87. The maximum absolute atomic E-state index is 12.5. The standard InChI is InChI=1S/C17H21ClO2/c1-11-2-4-12(5-3-11)16(19)10-14-9-15(18)8-13-6-7-20-17(13)14/h8-9,11-12H,2-7,10H2,1H3. The number of carbonyl (C=O) groups excluding carboxylic acids is 1. The maximum Gasteiger partial charge on any atom is 0.140 e. The van der Waals surface area contributed by atoms with Crippen LogP contribution in [0.3, 0.4) is 0 Å². The summed E-state index contributed by atoms with van der Waals surface area (Å²) in [6, 6.07) is 3.86. The van der Waals surface area contributed by atoms with Crippen LogP contribution in [0.15, 0.2) is 12.1 Å². The van der Waals surface area contributed by atoms with Gasteiger partial charge >= 0.3 is 0 Å². The molecular formula is C17H21ClO2. The molecule has 2 aliphatic rings. The van der Waals surface area contributed by atoms with E-state index in [1.807, 2.05) is 12.1 Å². The Bertz CT molecular complexity index is 516. The molecular weight excluding hydrogens is 272 g/mol. The zero-order chi connectivity index (χ0) is 14.1. The van der Waals surface area contributed by atoms with E-state index in [1.165, 1.54) is 12.8 Å². The Morgan fingerprint density at radius 3 is 2.80 bits per heavy atom. The zero-order valence-electron chi connectivity index (χ0n) is 12.0. The van der Waals surface area contributed by atoms with Crippen molar-refractivity contribution in [1.82, 2.24) is 0 Å². The third kappa shape index (κ3) is 2.85. The molecule has 0 radical (unpaired) electrons. The van der Waals surface area contributed by atoms with Crippen molar-refractivity contribution in [2.45, 2.75) is 45.4 Å². The van der Waals surface area contributed by atoms with Crippen LogP contribution in [0, 0.1) is 11.8 Å². The minimum Gasteiger partial charge on any atom is -0.493 e. The Balaban J connectivity index is 1.73. The van der Waals surface area contributed by atoms with Crippen molar-refractivity contribution >= 4 is 17.4 Å². The van der Waals surface area contributed by atoms with Crippen LogP contribution in [-0.4, -0.2) is 12.4 Å². The number of fused-ring (bicyclic) bond motifs is 1. The normalized spacial score (nSPS) is 25.1. The molecule has 2 nitrogen and oxygen atoms in total. The lowest BCUT2D eigenvalue weighted by Crippen LogP contribution is -2.22. The number of Topliss-reactive ketones (excluding diaryl/α,β-unsaturated/α-hetero) is 1. The van der Waals surface area contributed by atoms with E-state index in [0.717, 1.165) is 42.1 Å². The molecule has 0 saturated heterocycles. The molecule has 1 saturated carbocycles. The molecule has 20 heavy (non-hydrogen) atoms. The van der Waals surface area contributed by atoms with Gasteiger partial charge in [-0.15, -0.1) is 0 Å². The second-order valence-corrected chi connectivity index (χ2v) is 6.69. The van der Waals surface area contributed by atoms with Crippen LogP contribution in [-0.2, 0) is 17.6 Å². The van der Waals surface area contributed by atoms with E-state index in [1.54, 1.807) is 0 Å². The summed E-state index contributed by atoms with van der Waals surface area (Å²) < 4.78 is 5.68. The molecule has 3 rings (SSSR count). The molecule has 0 aromatic heterocycles. The average molecular weight is 293 g/mol. The van der Waals surface area contributed by atoms with Gasteiger partial charge in [-0.05, 0) is 36.5 Å². The summed E-state index contributed by atoms with van der Waals surface area (Å²) in [6.07, 6.45) is 5.83. The summed E-state index contributed by atoms with van der Waals surface area (Å²) in [5.41, 5.74) is 2.13. The monoisotopic (exact) mass is 292 g/mol. The summed E-state index contributed by atoms with van der Waals surface area (Å²) in [5.74, 6) is 2.28. The predicted octanol–water partition coefficient (Wildman–Crippen LogP) is 4.21. The first-order valence-electron chi connectivity index (χ1n) is 7.60. The Morgan fingerprint density at radius 2 is 2.05 bits per heavy atom. The van der Waals surface area contributed by atoms with E-state index in [9.17, 15) is 4.79 Å². The zero-order valence-corrected chi connectivity index (χ0v) is 12.7. The van der Waals surface area contributed by atoms with E-state index < -0.39 is 0 Å². The van der Waals surface area contributed by atoms with Crippen molar-refractivity contribution in [1.29, 1.82) is 0 Å². The highest BCUT2D eigenvalue weighted by atomic mass is 35.5. The highest BCUT2D eigenvalue weighted by Gasteiger charge is 2.26. The summed E-state index contributed by atoms with van der Waals surface area (Å²) in [6.45, 7) is 2.98. The molecule has 3 heteroatoms. The van der Waals surface area contributed by atoms with Crippen LogP contribution in [0.1, 0.15) is 43.7 Å². The van der Waals surface area contributed by atoms with Gasteiger partial charge in [0.2, 0.25) is 0 Å². The topological polar surface area (TPSA) is 26.3 Å². The van der Waals surface area contributed by atoms with E-state index in [-0.39, 0.29) is 5.92 Å². The highest BCUT2D eigenvalue weighted by molar-refractivity contribution is 6.30. The van der Waals surface area contributed by atoms with Gasteiger partial charge in [0.05, 0.1) is 6.61 Å². The minimum absolute atomic E-state index is 0.238. The number of rotatable bonds is 3. The smallest absolute Gasteiger partial charge is 0.140 e. The van der Waals surface area contributed by atoms with Crippen molar-refractivity contribution in [2.75, 3.05) is 6.61 Å². The van der Waals surface area contributed by atoms with Crippen LogP contribution in [0.4, 0.5) is 0 Å². The highest BCUT2D eigenvalue weighted by Crippen LogP contribution is 2.35. The van der Waals surface area contributed by atoms with E-state index in [4.69, 9.17) is 16.3 Å². The number of hydrogen-bond donors (Lipinski definition) is 0. The molecule has 1 aliphatic heterocycles. The lowest BCUT2D eigenvalue weighted by atomic mass is 9.79. The van der Waals surface area contributed by atoms with Crippen LogP contribution in [0.2, 0.25) is 5.02 Å². The third-order valence-corrected chi connectivity index (χ3v) is 4.88. The molecule has 0 bridgehead atoms. The van der Waals surface area contributed by atoms with Gasteiger partial charge in [-0.25, -0.2) is 0 Å². The van der Waals surface area contributed by atoms with Gasteiger partial charge in [-0.1, -0.05) is 31.4 Å². The molecule has 0 unspecified atom stereocenters. The fourth-order valence-corrected chi connectivity index (χ4v) is 3.65. The van der Waals surface area contributed by atoms with E-state index in [2.05, 4.69) is 6.92 Å². The molecule has 1 heterocycles. The fraction of sp³-hybridized carbons (Fsp3) is 0.588. The van der Waals surface area contributed by atoms with Gasteiger partial charge in [0, 0.05) is 29.3 Å². The Labute approximate surface area is 125 Å². The van der Waals surface area contributed by atoms with Gasteiger partial charge in [0.25, 0.3) is 0 Å². The number of ether oxygens (including phenoxy) is 1. The van der Waals surface area contributed by atoms with Gasteiger partial charge in [0.15, 0.2) is 0 Å². The lowest BCUT2D eigenvalue weighted by molar-refractivity contribution is -0.123. The molecule has 108 valence electrons. The van der Waals surface area contributed by atoms with Crippen LogP contribution >= 0.6 is 11.6 Å². The number of benzene rings is 1. The van der Waals surface area contributed by atoms with Gasteiger partial charge < -0.3 is 4.74 Å². The number of ketones is 1. The Hall–Kier alpha value is -1.02. The third-order valence-electron chi connectivity index (χ3n) is 4.66. The number of hydrogen-bond acceptors (Lipinski definition) is 2. The van der Waals surface area contributed by atoms with Crippen molar-refractivity contribution in [3.05, 3.63) is 28.3 Å². The second-order valence-electron chi connectivity index (χ2n) is 6.25. The lowest BCUT2D eigenvalue weighted by Gasteiger charge is -2.25. The molecule has 1 fully saturated rings. The SMILES string of the molecule is CC1CCC(C(=O)Cc2cc(Cl)cc3c2OCC3)CC1. The summed E-state index contributed by atoms with van der Waals surface area (Å²) >= 11 is 6.15. The van der Waals surface area contributed by atoms with Crippen molar-refractivity contribution < 1.29 is 9.53 Å². The minimum atomic E-state index is 0.238. The van der Waals surface area contributed by atoms with Gasteiger partial charge in [-0.2, -0.15) is 0 Å². The van der Waals surface area contributed by atoms with Crippen LogP contribution in [0.25, 0.3) is 0 Å². The van der Waals surface area contributed by atoms with E-state index in [0.29, 0.717) is 23.8 Å². The molecule has 1 aromatic rings. The quantitative estimate of drug-likeness (QED) is 0.834. The van der Waals surface area contributed by atoms with Crippen molar-refractivity contribution in [3.8, 4) is 5.75 Å². The summed E-state index contributed by atoms with van der Waals surface area (Å²) in [7, 11) is 0. The summed E-state index contributed by atoms with van der Waals surface area (Å²) in [5, 5.41) is 0.717. The Kier molecular flexibility index (Phi) is 4.02. The molecule has 0 spiro atoms. The fourth-order valence-electron chi connectivity index (χ4n) is 3.39. The van der Waals surface area contributed by atoms with E-state index >= 15 is 0 Å². The van der Waals surface area contributed by atoms with Gasteiger partial charge in [0.1, 0.15) is 11.5 Å². The van der Waals surface area contributed by atoms with Gasteiger partial charge in [-0.3, -0.25) is 4.79 Å². The molecule has 0 N–H and O–H groups in total. The first-order valence-corrected chi connectivity index (χ1v) is 7.98. The Morgan fingerprint density at radius 1 is 1.30 bits per heavy atom. The van der Waals surface area contributed by atoms with Crippen LogP contribution < -0.4 is 4.74 Å². The van der Waals surface area contributed by atoms with Crippen molar-refractivity contribution in [3.63, 3.8) is 0 Å².